The summed E-state index contributed by atoms with van der Waals surface area (Å²) in [5, 5.41) is 28.4. The zero-order valence-electron chi connectivity index (χ0n) is 25.2. The standard InChI is InChI=1S/C33H36N4O7S/c1-18-30(40)35-27(33(43)37-13-12-21-15-25(45-3)10-6-22(21)17-37)14-20-4-7-23(8-5-20)44-24-9-11-28(39)26(16-24)31(41)36-29(19(2)38)32(42)34-18/h4-11,15-16,18-19,27,29,38-39H,12-14,17H2,1-3H3,(H,34,42)(H,35,40)(H,36,41)/t18-,19+,27-,29-/m0/s1. The van der Waals surface area contributed by atoms with Crippen LogP contribution < -0.4 is 20.7 Å². The molecule has 3 aromatic rings. The van der Waals surface area contributed by atoms with Crippen LogP contribution in [0.4, 0.5) is 0 Å². The Kier molecular flexibility index (Phi) is 9.64. The molecular formula is C33H36N4O7S. The number of rotatable bonds is 3. The first-order valence-corrected chi connectivity index (χ1v) is 15.9. The summed E-state index contributed by atoms with van der Waals surface area (Å²) in [6, 6.07) is 13.8. The Labute approximate surface area is 265 Å². The molecule has 4 atom stereocenters. The van der Waals surface area contributed by atoms with Crippen molar-refractivity contribution in [2.75, 3.05) is 12.8 Å². The molecule has 236 valence electrons. The summed E-state index contributed by atoms with van der Waals surface area (Å²) in [7, 11) is 0. The number of carbonyl (C=O) groups is 4. The fourth-order valence-electron chi connectivity index (χ4n) is 5.38. The maximum absolute atomic E-state index is 13.9. The lowest BCUT2D eigenvalue weighted by Gasteiger charge is -2.33. The van der Waals surface area contributed by atoms with Crippen LogP contribution in [0.25, 0.3) is 0 Å². The van der Waals surface area contributed by atoms with Gasteiger partial charge >= 0.3 is 0 Å². The summed E-state index contributed by atoms with van der Waals surface area (Å²) < 4.78 is 5.90. The highest BCUT2D eigenvalue weighted by Gasteiger charge is 2.33. The molecule has 4 amide bonds. The average molecular weight is 633 g/mol. The number of hydrogen-bond donors (Lipinski definition) is 5. The van der Waals surface area contributed by atoms with Crippen molar-refractivity contribution >= 4 is 35.4 Å². The number of phenols is 1. The fourth-order valence-corrected chi connectivity index (χ4v) is 5.84. The third-order valence-electron chi connectivity index (χ3n) is 7.97. The Morgan fingerprint density at radius 1 is 0.956 bits per heavy atom. The Bertz CT molecular complexity index is 1610. The Morgan fingerprint density at radius 2 is 1.69 bits per heavy atom. The summed E-state index contributed by atoms with van der Waals surface area (Å²) in [4.78, 5) is 56.4. The SMILES string of the molecule is CSc1ccc2c(c1)CCN(C(=O)[C@@H]1Cc3ccc(cc3)Oc3ccc(O)c(c3)C(=O)N[C@@H]([C@@H](C)O)C(=O)N[C@@H](C)C(=O)N1)C2. The second-order valence-corrected chi connectivity index (χ2v) is 12.1. The molecule has 0 aromatic heterocycles. The lowest BCUT2D eigenvalue weighted by molar-refractivity contribution is -0.138. The van der Waals surface area contributed by atoms with Gasteiger partial charge in [-0.15, -0.1) is 11.8 Å². The molecule has 0 fully saturated rings. The molecule has 12 heteroatoms. The number of aromatic hydroxyl groups is 1. The van der Waals surface area contributed by atoms with Crippen LogP contribution in [0.1, 0.15) is 40.9 Å². The monoisotopic (exact) mass is 632 g/mol. The number of nitrogens with zero attached hydrogens (tertiary/aromatic N) is 1. The minimum atomic E-state index is -1.44. The molecule has 0 unspecified atom stereocenters. The largest absolute Gasteiger partial charge is 0.507 e. The number of carbonyl (C=O) groups excluding carboxylic acids is 4. The van der Waals surface area contributed by atoms with Crippen molar-refractivity contribution in [3.05, 3.63) is 82.9 Å². The van der Waals surface area contributed by atoms with Crippen LogP contribution in [0.3, 0.4) is 0 Å². The van der Waals surface area contributed by atoms with E-state index in [1.165, 1.54) is 37.6 Å². The number of aliphatic hydroxyl groups is 1. The smallest absolute Gasteiger partial charge is 0.255 e. The third-order valence-corrected chi connectivity index (χ3v) is 8.69. The van der Waals surface area contributed by atoms with E-state index in [1.807, 2.05) is 18.4 Å². The second-order valence-electron chi connectivity index (χ2n) is 11.3. The Hall–Kier alpha value is -4.55. The molecule has 3 aromatic carbocycles. The molecule has 0 radical (unpaired) electrons. The molecule has 6 rings (SSSR count). The number of hydrogen-bond acceptors (Lipinski definition) is 8. The lowest BCUT2D eigenvalue weighted by Crippen LogP contribution is -2.58. The van der Waals surface area contributed by atoms with Gasteiger partial charge in [0.2, 0.25) is 17.7 Å². The van der Waals surface area contributed by atoms with Crippen LogP contribution in [-0.4, -0.2) is 75.8 Å². The molecule has 0 saturated carbocycles. The van der Waals surface area contributed by atoms with Crippen molar-refractivity contribution in [3.63, 3.8) is 0 Å². The van der Waals surface area contributed by atoms with Crippen molar-refractivity contribution in [2.45, 2.75) is 62.4 Å². The van der Waals surface area contributed by atoms with Crippen molar-refractivity contribution in [2.24, 2.45) is 0 Å². The number of aliphatic hydroxyl groups excluding tert-OH is 1. The highest BCUT2D eigenvalue weighted by Crippen LogP contribution is 2.29. The summed E-state index contributed by atoms with van der Waals surface area (Å²) in [5.74, 6) is -2.15. The first-order chi connectivity index (χ1) is 21.5. The van der Waals surface area contributed by atoms with Gasteiger partial charge in [-0.1, -0.05) is 18.2 Å². The normalized spacial score (nSPS) is 21.3. The highest BCUT2D eigenvalue weighted by molar-refractivity contribution is 7.98. The number of benzene rings is 3. The van der Waals surface area contributed by atoms with E-state index in [2.05, 4.69) is 22.0 Å². The van der Waals surface area contributed by atoms with Crippen molar-refractivity contribution < 1.29 is 34.1 Å². The van der Waals surface area contributed by atoms with Gasteiger partial charge in [-0.2, -0.15) is 0 Å². The first-order valence-electron chi connectivity index (χ1n) is 14.7. The predicted octanol–water partition coefficient (Wildman–Crippen LogP) is 2.52. The van der Waals surface area contributed by atoms with Crippen LogP contribution in [0, 0.1) is 0 Å². The van der Waals surface area contributed by atoms with Gasteiger partial charge in [0.25, 0.3) is 5.91 Å². The molecule has 45 heavy (non-hydrogen) atoms. The van der Waals surface area contributed by atoms with Crippen molar-refractivity contribution in [1.29, 1.82) is 0 Å². The maximum Gasteiger partial charge on any atom is 0.255 e. The van der Waals surface area contributed by atoms with Crippen LogP contribution in [0.2, 0.25) is 0 Å². The van der Waals surface area contributed by atoms with Gasteiger partial charge in [0.15, 0.2) is 0 Å². The number of amides is 4. The Balaban J connectivity index is 1.45. The molecule has 0 spiro atoms. The molecule has 11 nitrogen and oxygen atoms in total. The Morgan fingerprint density at radius 3 is 2.40 bits per heavy atom. The molecule has 3 aliphatic rings. The van der Waals surface area contributed by atoms with Crippen LogP contribution in [-0.2, 0) is 33.8 Å². The van der Waals surface area contributed by atoms with Crippen LogP contribution in [0.5, 0.6) is 17.2 Å². The van der Waals surface area contributed by atoms with Gasteiger partial charge in [0, 0.05) is 24.4 Å². The topological polar surface area (TPSA) is 157 Å². The van der Waals surface area contributed by atoms with E-state index in [9.17, 15) is 29.4 Å². The van der Waals surface area contributed by atoms with Gasteiger partial charge in [0.1, 0.15) is 35.4 Å². The summed E-state index contributed by atoms with van der Waals surface area (Å²) >= 11 is 1.67. The van der Waals surface area contributed by atoms with Gasteiger partial charge in [-0.25, -0.2) is 0 Å². The van der Waals surface area contributed by atoms with Crippen LogP contribution in [0.15, 0.2) is 65.6 Å². The van der Waals surface area contributed by atoms with Gasteiger partial charge in [-0.05, 0) is 85.7 Å². The molecule has 5 N–H and O–H groups in total. The zero-order valence-corrected chi connectivity index (χ0v) is 26.0. The summed E-state index contributed by atoms with van der Waals surface area (Å²) in [6.07, 6.45) is 1.57. The summed E-state index contributed by atoms with van der Waals surface area (Å²) in [6.45, 7) is 3.69. The van der Waals surface area contributed by atoms with E-state index in [0.717, 1.165) is 16.0 Å². The highest BCUT2D eigenvalue weighted by atomic mass is 32.2. The van der Waals surface area contributed by atoms with Gasteiger partial charge in [-0.3, -0.25) is 19.2 Å². The van der Waals surface area contributed by atoms with E-state index >= 15 is 0 Å². The summed E-state index contributed by atoms with van der Waals surface area (Å²) in [5.41, 5.74) is 2.86. The minimum absolute atomic E-state index is 0.166. The number of ether oxygens (including phenoxy) is 1. The van der Waals surface area contributed by atoms with Gasteiger partial charge < -0.3 is 35.8 Å². The van der Waals surface area contributed by atoms with E-state index in [-0.39, 0.29) is 29.4 Å². The molecule has 3 aliphatic heterocycles. The van der Waals surface area contributed by atoms with E-state index in [1.54, 1.807) is 40.9 Å². The minimum Gasteiger partial charge on any atom is -0.507 e. The molecule has 3 heterocycles. The number of phenolic OH excluding ortho intramolecular Hbond substituents is 1. The lowest BCUT2D eigenvalue weighted by atomic mass is 9.98. The zero-order chi connectivity index (χ0) is 32.2. The fraction of sp³-hybridized carbons (Fsp3) is 0.333. The number of nitrogens with one attached hydrogen (secondary N) is 3. The van der Waals surface area contributed by atoms with Crippen LogP contribution >= 0.6 is 11.8 Å². The van der Waals surface area contributed by atoms with Crippen molar-refractivity contribution in [1.82, 2.24) is 20.9 Å². The quantitative estimate of drug-likeness (QED) is 0.218. The average Bonchev–Trinajstić information content (AvgIpc) is 3.03. The molecule has 0 saturated heterocycles. The molecule has 4 bridgehead atoms. The predicted molar refractivity (Wildman–Crippen MR) is 168 cm³/mol. The molecule has 0 aliphatic carbocycles. The van der Waals surface area contributed by atoms with Gasteiger partial charge in [0.05, 0.1) is 11.7 Å². The van der Waals surface area contributed by atoms with E-state index in [4.69, 9.17) is 4.74 Å². The van der Waals surface area contributed by atoms with E-state index < -0.39 is 42.0 Å². The van der Waals surface area contributed by atoms with E-state index in [0.29, 0.717) is 25.3 Å². The number of fused-ring (bicyclic) bond motifs is 12. The number of thioether (sulfide) groups is 1. The molecular weight excluding hydrogens is 596 g/mol. The van der Waals surface area contributed by atoms with Crippen molar-refractivity contribution in [3.8, 4) is 17.2 Å². The first kappa shape index (κ1) is 31.9. The second kappa shape index (κ2) is 13.6. The third kappa shape index (κ3) is 7.40. The maximum atomic E-state index is 13.9.